The lowest BCUT2D eigenvalue weighted by molar-refractivity contribution is 0.385. The summed E-state index contributed by atoms with van der Waals surface area (Å²) in [5.41, 5.74) is 6.10. The number of benzene rings is 1. The van der Waals surface area contributed by atoms with Crippen LogP contribution in [0.25, 0.3) is 0 Å². The molecule has 122 valence electrons. The number of ketones is 1. The number of hydrogen-bond donors (Lipinski definition) is 1. The van der Waals surface area contributed by atoms with Crippen LogP contribution >= 0.6 is 0 Å². The SMILES string of the molecule is CC(CN)C(=[OH+])c1cccc(S(=O)(=O)CC2CCCCC2)c1. The summed E-state index contributed by atoms with van der Waals surface area (Å²) in [4.78, 5) is 10.4. The maximum Gasteiger partial charge on any atom is 0.327 e. The average Bonchev–Trinajstić information content (AvgIpc) is 2.54. The van der Waals surface area contributed by atoms with Gasteiger partial charge in [0.1, 0.15) is 0 Å². The van der Waals surface area contributed by atoms with Crippen molar-refractivity contribution in [2.45, 2.75) is 43.9 Å². The maximum atomic E-state index is 12.6. The largest absolute Gasteiger partial charge is 0.330 e. The molecule has 5 heteroatoms. The quantitative estimate of drug-likeness (QED) is 0.645. The lowest BCUT2D eigenvalue weighted by atomic mass is 9.91. The zero-order valence-corrected chi connectivity index (χ0v) is 14.0. The summed E-state index contributed by atoms with van der Waals surface area (Å²) in [6.07, 6.45) is 5.47. The monoisotopic (exact) mass is 324 g/mol. The molecule has 0 amide bonds. The summed E-state index contributed by atoms with van der Waals surface area (Å²) in [5.74, 6) is 0.445. The number of nitrogens with two attached hydrogens (primary N) is 1. The van der Waals surface area contributed by atoms with Crippen LogP contribution in [0.2, 0.25) is 0 Å². The zero-order valence-electron chi connectivity index (χ0n) is 13.2. The summed E-state index contributed by atoms with van der Waals surface area (Å²) >= 11 is 0. The average molecular weight is 324 g/mol. The van der Waals surface area contributed by atoms with Gasteiger partial charge in [-0.3, -0.25) is 4.79 Å². The van der Waals surface area contributed by atoms with Gasteiger partial charge >= 0.3 is 5.78 Å². The highest BCUT2D eigenvalue weighted by atomic mass is 32.2. The van der Waals surface area contributed by atoms with Gasteiger partial charge in [0.25, 0.3) is 0 Å². The zero-order chi connectivity index (χ0) is 16.2. The van der Waals surface area contributed by atoms with Crippen LogP contribution in [0.4, 0.5) is 0 Å². The van der Waals surface area contributed by atoms with Crippen LogP contribution in [0.15, 0.2) is 29.2 Å². The van der Waals surface area contributed by atoms with Crippen molar-refractivity contribution in [3.8, 4) is 0 Å². The maximum absolute atomic E-state index is 12.6. The Morgan fingerprint density at radius 3 is 2.64 bits per heavy atom. The van der Waals surface area contributed by atoms with Gasteiger partial charge in [-0.25, -0.2) is 8.42 Å². The second-order valence-corrected chi connectivity index (χ2v) is 8.37. The number of carbonyl (C=O) groups excluding carboxylic acids is 1. The normalized spacial score (nSPS) is 18.1. The van der Waals surface area contributed by atoms with Crippen molar-refractivity contribution in [3.63, 3.8) is 0 Å². The van der Waals surface area contributed by atoms with E-state index in [2.05, 4.69) is 0 Å². The molecule has 0 spiro atoms. The molecule has 4 nitrogen and oxygen atoms in total. The van der Waals surface area contributed by atoms with Crippen LogP contribution in [0.1, 0.15) is 44.6 Å². The third-order valence-electron chi connectivity index (χ3n) is 4.49. The predicted octanol–water partition coefficient (Wildman–Crippen LogP) is 2.53. The van der Waals surface area contributed by atoms with Crippen molar-refractivity contribution in [1.29, 1.82) is 0 Å². The minimum absolute atomic E-state index is 0.150. The van der Waals surface area contributed by atoms with Crippen LogP contribution in [-0.4, -0.2) is 31.3 Å². The highest BCUT2D eigenvalue weighted by molar-refractivity contribution is 7.91. The topological polar surface area (TPSA) is 81.6 Å². The smallest absolute Gasteiger partial charge is 0.327 e. The van der Waals surface area contributed by atoms with Gasteiger partial charge in [-0.2, -0.15) is 0 Å². The molecule has 0 saturated heterocycles. The summed E-state index contributed by atoms with van der Waals surface area (Å²) in [7, 11) is -3.30. The molecule has 2 rings (SSSR count). The van der Waals surface area contributed by atoms with Gasteiger partial charge in [0.2, 0.25) is 0 Å². The van der Waals surface area contributed by atoms with Crippen LogP contribution in [0.5, 0.6) is 0 Å². The van der Waals surface area contributed by atoms with Crippen molar-refractivity contribution in [3.05, 3.63) is 29.8 Å². The van der Waals surface area contributed by atoms with E-state index in [0.29, 0.717) is 17.0 Å². The second kappa shape index (κ2) is 7.38. The van der Waals surface area contributed by atoms with Crippen molar-refractivity contribution in [1.82, 2.24) is 0 Å². The number of sulfone groups is 1. The third kappa shape index (κ3) is 4.17. The highest BCUT2D eigenvalue weighted by Gasteiger charge is 2.26. The van der Waals surface area contributed by atoms with E-state index in [1.165, 1.54) is 6.42 Å². The first kappa shape index (κ1) is 17.2. The minimum Gasteiger partial charge on any atom is -0.330 e. The minimum atomic E-state index is -3.30. The Labute approximate surface area is 133 Å². The Balaban J connectivity index is 2.18. The predicted molar refractivity (Wildman–Crippen MR) is 89.3 cm³/mol. The van der Waals surface area contributed by atoms with E-state index >= 15 is 0 Å². The first-order valence-corrected chi connectivity index (χ1v) is 9.68. The standard InChI is InChI=1S/C17H25NO3S/c1-13(11-18)17(19)15-8-5-9-16(10-15)22(20,21)12-14-6-3-2-4-7-14/h5,8-10,13-14H,2-4,6-7,11-12,18H2,1H3/p+1. The summed E-state index contributed by atoms with van der Waals surface area (Å²) in [6.45, 7) is 2.14. The molecular weight excluding hydrogens is 298 g/mol. The van der Waals surface area contributed by atoms with E-state index in [1.807, 2.05) is 6.92 Å². The molecule has 1 aromatic carbocycles. The van der Waals surface area contributed by atoms with Gasteiger partial charge in [0.05, 0.1) is 22.1 Å². The molecule has 1 aliphatic carbocycles. The van der Waals surface area contributed by atoms with Gasteiger partial charge in [-0.1, -0.05) is 25.3 Å². The molecule has 0 bridgehead atoms. The van der Waals surface area contributed by atoms with Crippen LogP contribution in [0.3, 0.4) is 0 Å². The molecule has 0 aromatic heterocycles. The van der Waals surface area contributed by atoms with Crippen molar-refractivity contribution < 1.29 is 13.2 Å². The summed E-state index contributed by atoms with van der Waals surface area (Å²) in [6, 6.07) is 6.59. The fraction of sp³-hybridized carbons (Fsp3) is 0.588. The Bertz CT molecular complexity index is 619. The summed E-state index contributed by atoms with van der Waals surface area (Å²) in [5, 5.41) is 0. The Kier molecular flexibility index (Phi) is 5.75. The van der Waals surface area contributed by atoms with Gasteiger partial charge < -0.3 is 5.73 Å². The lowest BCUT2D eigenvalue weighted by Crippen LogP contribution is -2.22. The first-order chi connectivity index (χ1) is 10.4. The molecule has 1 aliphatic rings. The first-order valence-electron chi connectivity index (χ1n) is 8.03. The van der Waals surface area contributed by atoms with Gasteiger partial charge in [-0.05, 0) is 43.9 Å². The highest BCUT2D eigenvalue weighted by Crippen LogP contribution is 2.27. The Morgan fingerprint density at radius 2 is 2.00 bits per heavy atom. The van der Waals surface area contributed by atoms with Gasteiger partial charge in [0.15, 0.2) is 9.84 Å². The molecule has 1 fully saturated rings. The number of rotatable bonds is 6. The van der Waals surface area contributed by atoms with Crippen LogP contribution < -0.4 is 5.73 Å². The molecule has 1 atom stereocenters. The van der Waals surface area contributed by atoms with Crippen molar-refractivity contribution in [2.75, 3.05) is 12.3 Å². The van der Waals surface area contributed by atoms with Crippen molar-refractivity contribution >= 4 is 15.6 Å². The summed E-state index contributed by atoms with van der Waals surface area (Å²) < 4.78 is 25.2. The fourth-order valence-electron chi connectivity index (χ4n) is 3.01. The van der Waals surface area contributed by atoms with Gasteiger partial charge in [0, 0.05) is 6.54 Å². The molecule has 0 radical (unpaired) electrons. The molecule has 1 aromatic rings. The molecular formula is C17H26NO3S+. The fourth-order valence-corrected chi connectivity index (χ4v) is 4.74. The van der Waals surface area contributed by atoms with Crippen LogP contribution in [-0.2, 0) is 9.84 Å². The van der Waals surface area contributed by atoms with Crippen LogP contribution in [0, 0.1) is 11.8 Å². The second-order valence-electron chi connectivity index (χ2n) is 6.34. The van der Waals surface area contributed by atoms with E-state index in [1.54, 1.807) is 24.3 Å². The van der Waals surface area contributed by atoms with Crippen molar-refractivity contribution in [2.24, 2.45) is 17.6 Å². The van der Waals surface area contributed by atoms with E-state index in [4.69, 9.17) is 5.73 Å². The molecule has 0 aliphatic heterocycles. The van der Waals surface area contributed by atoms with E-state index in [-0.39, 0.29) is 23.4 Å². The third-order valence-corrected chi connectivity index (χ3v) is 6.37. The number of hydrogen-bond acceptors (Lipinski definition) is 3. The van der Waals surface area contributed by atoms with E-state index in [0.717, 1.165) is 25.7 Å². The van der Waals surface area contributed by atoms with E-state index in [9.17, 15) is 13.2 Å². The lowest BCUT2D eigenvalue weighted by Gasteiger charge is -2.21. The molecule has 1 unspecified atom stereocenters. The molecule has 3 N–H and O–H groups in total. The van der Waals surface area contributed by atoms with Gasteiger partial charge in [-0.15, -0.1) is 0 Å². The Hall–Kier alpha value is -1.20. The molecule has 22 heavy (non-hydrogen) atoms. The Morgan fingerprint density at radius 1 is 1.32 bits per heavy atom. The molecule has 0 heterocycles. The molecule has 1 saturated carbocycles. The van der Waals surface area contributed by atoms with E-state index < -0.39 is 9.84 Å².